The maximum atomic E-state index is 12.0. The van der Waals surface area contributed by atoms with Crippen LogP contribution in [0.25, 0.3) is 0 Å². The number of para-hydroxylation sites is 1. The smallest absolute Gasteiger partial charge is 0.338 e. The second-order valence-electron chi connectivity index (χ2n) is 5.51. The summed E-state index contributed by atoms with van der Waals surface area (Å²) in [6, 6.07) is 14.0. The van der Waals surface area contributed by atoms with Crippen molar-refractivity contribution < 1.29 is 23.8 Å². The van der Waals surface area contributed by atoms with E-state index in [-0.39, 0.29) is 19.1 Å². The highest BCUT2D eigenvalue weighted by Crippen LogP contribution is 2.16. The third-order valence-electron chi connectivity index (χ3n) is 3.52. The molecule has 0 radical (unpaired) electrons. The molecule has 26 heavy (non-hydrogen) atoms. The van der Waals surface area contributed by atoms with Crippen LogP contribution in [-0.2, 0) is 14.3 Å². The molecule has 0 aliphatic carbocycles. The highest BCUT2D eigenvalue weighted by Gasteiger charge is 2.09. The minimum absolute atomic E-state index is 0.0912. The van der Waals surface area contributed by atoms with Crippen molar-refractivity contribution in [3.8, 4) is 5.75 Å². The largest absolute Gasteiger partial charge is 0.483 e. The van der Waals surface area contributed by atoms with Crippen LogP contribution in [-0.4, -0.2) is 38.3 Å². The lowest BCUT2D eigenvalue weighted by atomic mass is 10.2. The van der Waals surface area contributed by atoms with E-state index in [9.17, 15) is 9.59 Å². The zero-order valence-electron chi connectivity index (χ0n) is 15.0. The minimum atomic E-state index is -0.425. The van der Waals surface area contributed by atoms with E-state index in [0.717, 1.165) is 5.56 Å². The van der Waals surface area contributed by atoms with Crippen LogP contribution in [0, 0.1) is 6.92 Å². The number of hydrogen-bond donors (Lipinski definition) is 1. The van der Waals surface area contributed by atoms with Crippen molar-refractivity contribution in [1.29, 1.82) is 0 Å². The first-order valence-electron chi connectivity index (χ1n) is 8.43. The van der Waals surface area contributed by atoms with E-state index in [1.807, 2.05) is 38.1 Å². The quantitative estimate of drug-likeness (QED) is 0.551. The van der Waals surface area contributed by atoms with Crippen molar-refractivity contribution in [1.82, 2.24) is 0 Å². The van der Waals surface area contributed by atoms with E-state index in [2.05, 4.69) is 5.32 Å². The van der Waals surface area contributed by atoms with Gasteiger partial charge in [0.25, 0.3) is 5.91 Å². The van der Waals surface area contributed by atoms with E-state index in [1.165, 1.54) is 0 Å². The fourth-order valence-electron chi connectivity index (χ4n) is 2.17. The van der Waals surface area contributed by atoms with Gasteiger partial charge in [0.1, 0.15) is 12.4 Å². The fraction of sp³-hybridized carbons (Fsp3) is 0.300. The molecule has 0 saturated carbocycles. The number of carbonyl (C=O) groups is 2. The molecule has 0 bridgehead atoms. The van der Waals surface area contributed by atoms with Crippen LogP contribution in [0.5, 0.6) is 5.75 Å². The Morgan fingerprint density at radius 2 is 1.73 bits per heavy atom. The molecule has 0 spiro atoms. The normalized spacial score (nSPS) is 10.2. The summed E-state index contributed by atoms with van der Waals surface area (Å²) < 4.78 is 15.7. The van der Waals surface area contributed by atoms with Crippen molar-refractivity contribution in [2.45, 2.75) is 13.8 Å². The molecule has 0 aromatic heterocycles. The lowest BCUT2D eigenvalue weighted by Gasteiger charge is -2.10. The Hall–Kier alpha value is -2.86. The van der Waals surface area contributed by atoms with Gasteiger partial charge in [-0.1, -0.05) is 18.2 Å². The Bertz CT molecular complexity index is 727. The number of hydrogen-bond acceptors (Lipinski definition) is 5. The first-order chi connectivity index (χ1) is 12.6. The molecule has 0 saturated heterocycles. The fourth-order valence-corrected chi connectivity index (χ4v) is 2.17. The number of aryl methyl sites for hydroxylation is 1. The zero-order chi connectivity index (χ0) is 18.8. The molecular weight excluding hydrogens is 334 g/mol. The summed E-state index contributed by atoms with van der Waals surface area (Å²) in [7, 11) is 0. The Morgan fingerprint density at radius 3 is 2.42 bits per heavy atom. The van der Waals surface area contributed by atoms with Gasteiger partial charge in [0.05, 0.1) is 12.2 Å². The minimum Gasteiger partial charge on any atom is -0.483 e. The van der Waals surface area contributed by atoms with Crippen LogP contribution in [0.3, 0.4) is 0 Å². The van der Waals surface area contributed by atoms with Crippen molar-refractivity contribution in [3.63, 3.8) is 0 Å². The highest BCUT2D eigenvalue weighted by atomic mass is 16.6. The molecule has 0 heterocycles. The Labute approximate surface area is 153 Å². The number of ether oxygens (including phenoxy) is 3. The molecule has 6 heteroatoms. The van der Waals surface area contributed by atoms with Gasteiger partial charge >= 0.3 is 5.97 Å². The van der Waals surface area contributed by atoms with Crippen LogP contribution in [0.1, 0.15) is 22.8 Å². The van der Waals surface area contributed by atoms with Gasteiger partial charge in [-0.3, -0.25) is 4.79 Å². The number of nitrogens with one attached hydrogen (secondary N) is 1. The molecule has 1 amide bonds. The topological polar surface area (TPSA) is 73.9 Å². The van der Waals surface area contributed by atoms with Gasteiger partial charge in [-0.25, -0.2) is 4.79 Å². The summed E-state index contributed by atoms with van der Waals surface area (Å²) in [6.07, 6.45) is 0. The Balaban J connectivity index is 1.80. The number of esters is 1. The molecule has 0 unspecified atom stereocenters. The predicted molar refractivity (Wildman–Crippen MR) is 98.5 cm³/mol. The van der Waals surface area contributed by atoms with Crippen LogP contribution < -0.4 is 10.1 Å². The lowest BCUT2D eigenvalue weighted by Crippen LogP contribution is -2.20. The monoisotopic (exact) mass is 357 g/mol. The SMILES string of the molecule is CCOCCOC(=O)c1ccc(NC(=O)COc2ccccc2C)cc1. The van der Waals surface area contributed by atoms with Crippen molar-refractivity contribution >= 4 is 17.6 Å². The molecule has 1 N–H and O–H groups in total. The summed E-state index contributed by atoms with van der Waals surface area (Å²) in [6.45, 7) is 4.87. The number of anilines is 1. The molecule has 0 atom stereocenters. The van der Waals surface area contributed by atoms with Crippen LogP contribution >= 0.6 is 0 Å². The summed E-state index contributed by atoms with van der Waals surface area (Å²) in [5, 5.41) is 2.72. The molecule has 0 aliphatic heterocycles. The van der Waals surface area contributed by atoms with E-state index >= 15 is 0 Å². The van der Waals surface area contributed by atoms with Crippen molar-refractivity contribution in [3.05, 3.63) is 59.7 Å². The van der Waals surface area contributed by atoms with Gasteiger partial charge in [-0.15, -0.1) is 0 Å². The number of amides is 1. The average molecular weight is 357 g/mol. The third kappa shape index (κ3) is 6.22. The van der Waals surface area contributed by atoms with Crippen LogP contribution in [0.2, 0.25) is 0 Å². The van der Waals surface area contributed by atoms with E-state index in [1.54, 1.807) is 24.3 Å². The number of benzene rings is 2. The highest BCUT2D eigenvalue weighted by molar-refractivity contribution is 5.93. The van der Waals surface area contributed by atoms with Crippen molar-refractivity contribution in [2.24, 2.45) is 0 Å². The molecule has 2 rings (SSSR count). The molecule has 138 valence electrons. The number of carbonyl (C=O) groups excluding carboxylic acids is 2. The number of rotatable bonds is 9. The lowest BCUT2D eigenvalue weighted by molar-refractivity contribution is -0.118. The Morgan fingerprint density at radius 1 is 1.00 bits per heavy atom. The van der Waals surface area contributed by atoms with E-state index in [0.29, 0.717) is 30.2 Å². The van der Waals surface area contributed by atoms with E-state index < -0.39 is 5.97 Å². The van der Waals surface area contributed by atoms with Gasteiger partial charge in [0.2, 0.25) is 0 Å². The maximum Gasteiger partial charge on any atom is 0.338 e. The zero-order valence-corrected chi connectivity index (χ0v) is 15.0. The first kappa shape index (κ1) is 19.5. The van der Waals surface area contributed by atoms with Crippen LogP contribution in [0.15, 0.2) is 48.5 Å². The summed E-state index contributed by atoms with van der Waals surface area (Å²) >= 11 is 0. The van der Waals surface area contributed by atoms with Gasteiger partial charge < -0.3 is 19.5 Å². The molecule has 2 aromatic rings. The van der Waals surface area contributed by atoms with E-state index in [4.69, 9.17) is 14.2 Å². The molecule has 0 fully saturated rings. The van der Waals surface area contributed by atoms with Gasteiger partial charge in [0, 0.05) is 12.3 Å². The third-order valence-corrected chi connectivity index (χ3v) is 3.52. The summed E-state index contributed by atoms with van der Waals surface area (Å²) in [5.41, 5.74) is 1.96. The predicted octanol–water partition coefficient (Wildman–Crippen LogP) is 3.21. The first-order valence-corrected chi connectivity index (χ1v) is 8.43. The van der Waals surface area contributed by atoms with Crippen LogP contribution in [0.4, 0.5) is 5.69 Å². The average Bonchev–Trinajstić information content (AvgIpc) is 2.65. The Kier molecular flexibility index (Phi) is 7.64. The molecule has 6 nitrogen and oxygen atoms in total. The maximum absolute atomic E-state index is 12.0. The summed E-state index contributed by atoms with van der Waals surface area (Å²) in [5.74, 6) is -0.0291. The van der Waals surface area contributed by atoms with Gasteiger partial charge in [0.15, 0.2) is 6.61 Å². The second-order valence-corrected chi connectivity index (χ2v) is 5.51. The molecule has 2 aromatic carbocycles. The van der Waals surface area contributed by atoms with Crippen molar-refractivity contribution in [2.75, 3.05) is 31.7 Å². The summed E-state index contributed by atoms with van der Waals surface area (Å²) in [4.78, 5) is 23.8. The van der Waals surface area contributed by atoms with Gasteiger partial charge in [-0.05, 0) is 49.7 Å². The molecule has 0 aliphatic rings. The standard InChI is InChI=1S/C20H23NO5/c1-3-24-12-13-25-20(23)16-8-10-17(11-9-16)21-19(22)14-26-18-7-5-4-6-15(18)2/h4-11H,3,12-14H2,1-2H3,(H,21,22). The molecular formula is C20H23NO5. The van der Waals surface area contributed by atoms with Gasteiger partial charge in [-0.2, -0.15) is 0 Å². The second kappa shape index (κ2) is 10.2.